The number of ether oxygens (including phenoxy) is 1. The third-order valence-electron chi connectivity index (χ3n) is 2.42. The van der Waals surface area contributed by atoms with Gasteiger partial charge < -0.3 is 30.9 Å². The maximum absolute atomic E-state index is 11.4. The van der Waals surface area contributed by atoms with E-state index in [4.69, 9.17) is 31.7 Å². The van der Waals surface area contributed by atoms with E-state index in [1.165, 1.54) is 0 Å². The summed E-state index contributed by atoms with van der Waals surface area (Å²) in [6.45, 7) is 1.31. The van der Waals surface area contributed by atoms with Crippen LogP contribution in [0.2, 0.25) is 0 Å². The van der Waals surface area contributed by atoms with E-state index in [9.17, 15) is 39.5 Å². The number of rotatable bonds is 6. The molecule has 6 N–H and O–H groups in total. The number of epoxide rings is 1. The molecule has 1 heterocycles. The summed E-state index contributed by atoms with van der Waals surface area (Å²) in [5.41, 5.74) is 12.4. The number of hydrogen-bond donors (Lipinski definition) is 5. The van der Waals surface area contributed by atoms with E-state index in [1.807, 2.05) is 0 Å². The monoisotopic (exact) mass is 516 g/mol. The van der Waals surface area contributed by atoms with Gasteiger partial charge in [-0.2, -0.15) is 39.5 Å². The molecule has 0 radical (unpaired) electrons. The predicted octanol–water partition coefficient (Wildman–Crippen LogP) is 2.81. The van der Waals surface area contributed by atoms with Crippen LogP contribution in [-0.4, -0.2) is 90.7 Å². The van der Waals surface area contributed by atoms with Crippen molar-refractivity contribution >= 4 is 0 Å². The van der Waals surface area contributed by atoms with Crippen molar-refractivity contribution in [1.82, 2.24) is 0 Å². The Morgan fingerprint density at radius 3 is 1.52 bits per heavy atom. The van der Waals surface area contributed by atoms with E-state index in [-0.39, 0.29) is 19.8 Å². The summed E-state index contributed by atoms with van der Waals surface area (Å²) in [4.78, 5) is 2.20. The van der Waals surface area contributed by atoms with Crippen molar-refractivity contribution in [3.63, 3.8) is 0 Å². The molecular formula is C15H29F9N4O5. The number of azide groups is 1. The zero-order chi connectivity index (χ0) is 27.3. The molecule has 1 saturated heterocycles. The lowest BCUT2D eigenvalue weighted by Crippen LogP contribution is -2.26. The van der Waals surface area contributed by atoms with Gasteiger partial charge in [-0.15, -0.1) is 0 Å². The number of aliphatic hydroxyl groups is 4. The maximum Gasteiger partial charge on any atom is 0.391 e. The fourth-order valence-corrected chi connectivity index (χ4v) is 1.26. The van der Waals surface area contributed by atoms with Gasteiger partial charge in [0.2, 0.25) is 0 Å². The quantitative estimate of drug-likeness (QED) is 0.120. The van der Waals surface area contributed by atoms with Gasteiger partial charge in [-0.05, 0) is 12.5 Å². The molecule has 1 rings (SSSR count). The van der Waals surface area contributed by atoms with E-state index < -0.39 is 62.6 Å². The van der Waals surface area contributed by atoms with Crippen molar-refractivity contribution in [2.24, 2.45) is 10.8 Å². The molecule has 0 aromatic carbocycles. The number of halogens is 9. The van der Waals surface area contributed by atoms with Crippen LogP contribution < -0.4 is 5.73 Å². The summed E-state index contributed by atoms with van der Waals surface area (Å²) >= 11 is 0. The van der Waals surface area contributed by atoms with Gasteiger partial charge in [-0.25, -0.2) is 0 Å². The van der Waals surface area contributed by atoms with Gasteiger partial charge in [0.25, 0.3) is 0 Å². The third kappa shape index (κ3) is 48.9. The molecule has 3 atom stereocenters. The van der Waals surface area contributed by atoms with Gasteiger partial charge in [-0.1, -0.05) is 5.11 Å². The van der Waals surface area contributed by atoms with Crippen molar-refractivity contribution in [1.29, 1.82) is 0 Å². The average molecular weight is 516 g/mol. The van der Waals surface area contributed by atoms with Gasteiger partial charge in [0, 0.05) is 25.2 Å². The number of aliphatic hydroxyl groups excluding tert-OH is 4. The molecule has 0 aromatic heterocycles. The molecule has 1 fully saturated rings. The highest BCUT2D eigenvalue weighted by Crippen LogP contribution is 2.28. The largest absolute Gasteiger partial charge is 0.400 e. The minimum absolute atomic E-state index is 0.250. The van der Waals surface area contributed by atoms with Crippen LogP contribution in [0.3, 0.4) is 0 Å². The summed E-state index contributed by atoms with van der Waals surface area (Å²) in [5.74, 6) is 0. The SMILES string of the molecule is CCO.CO.FC(F)(F)C[C@H]1CO1.NC[C@@H](O)CC(F)(F)F.[N-]=[N+]=NC[C@@H](O)CC(F)(F)F. The highest BCUT2D eigenvalue weighted by atomic mass is 19.4. The van der Waals surface area contributed by atoms with Crippen molar-refractivity contribution < 1.29 is 64.7 Å². The second kappa shape index (κ2) is 21.0. The van der Waals surface area contributed by atoms with Gasteiger partial charge in [-0.3, -0.25) is 0 Å². The topological polar surface area (TPSA) is 168 Å². The van der Waals surface area contributed by atoms with Crippen LogP contribution in [0.15, 0.2) is 5.11 Å². The van der Waals surface area contributed by atoms with Crippen LogP contribution in [0.1, 0.15) is 26.2 Å². The van der Waals surface area contributed by atoms with Gasteiger partial charge >= 0.3 is 18.5 Å². The van der Waals surface area contributed by atoms with Crippen LogP contribution in [0.4, 0.5) is 39.5 Å². The molecular weight excluding hydrogens is 487 g/mol. The lowest BCUT2D eigenvalue weighted by molar-refractivity contribution is -0.153. The Bertz CT molecular complexity index is 484. The van der Waals surface area contributed by atoms with Crippen LogP contribution in [0.5, 0.6) is 0 Å². The fourth-order valence-electron chi connectivity index (χ4n) is 1.26. The van der Waals surface area contributed by atoms with Crippen LogP contribution in [-0.2, 0) is 4.74 Å². The molecule has 18 heteroatoms. The van der Waals surface area contributed by atoms with Crippen LogP contribution in [0, 0.1) is 0 Å². The first kappa shape index (κ1) is 38.7. The van der Waals surface area contributed by atoms with Crippen molar-refractivity contribution in [2.45, 2.75) is 63.0 Å². The zero-order valence-electron chi connectivity index (χ0n) is 17.7. The summed E-state index contributed by atoms with van der Waals surface area (Å²) in [5, 5.41) is 34.2. The zero-order valence-corrected chi connectivity index (χ0v) is 17.7. The molecule has 0 aromatic rings. The molecule has 0 bridgehead atoms. The van der Waals surface area contributed by atoms with Crippen molar-refractivity contribution in [3.8, 4) is 0 Å². The van der Waals surface area contributed by atoms with E-state index in [0.717, 1.165) is 7.11 Å². The summed E-state index contributed by atoms with van der Waals surface area (Å²) in [6.07, 6.45) is -19.7. The highest BCUT2D eigenvalue weighted by molar-refractivity contribution is 4.72. The Morgan fingerprint density at radius 1 is 0.970 bits per heavy atom. The number of alkyl halides is 9. The average Bonchev–Trinajstić information content (AvgIpc) is 3.42. The standard InChI is InChI=1S/C4H6F3N3O.C4H8F3NO.C4H5F3O.C2H6O.CH4O/c5-4(6,7)1-3(11)2-9-10-8;5-4(6,7)1-3(9)2-8;5-4(6,7)1-3-2-8-3;1-2-3;1-2/h3,11H,1-2H2;3,9H,1-2,8H2;3H,1-2H2;3H,2H2,1H3;2H,1H3/t3*3-;;/m000../s1. The van der Waals surface area contributed by atoms with Gasteiger partial charge in [0.1, 0.15) is 0 Å². The first-order chi connectivity index (χ1) is 14.9. The smallest absolute Gasteiger partial charge is 0.391 e. The van der Waals surface area contributed by atoms with E-state index in [2.05, 4.69) is 14.8 Å². The molecule has 0 amide bonds. The Balaban J connectivity index is -0.000000175. The molecule has 0 aliphatic carbocycles. The van der Waals surface area contributed by atoms with E-state index in [0.29, 0.717) is 0 Å². The molecule has 0 saturated carbocycles. The summed E-state index contributed by atoms with van der Waals surface area (Å²) < 4.78 is 106. The Kier molecular flexibility index (Phi) is 24.6. The molecule has 0 spiro atoms. The highest BCUT2D eigenvalue weighted by Gasteiger charge is 2.38. The van der Waals surface area contributed by atoms with Crippen LogP contribution >= 0.6 is 0 Å². The van der Waals surface area contributed by atoms with Gasteiger partial charge in [0.15, 0.2) is 0 Å². The molecule has 9 nitrogen and oxygen atoms in total. The molecule has 1 aliphatic heterocycles. The third-order valence-corrected chi connectivity index (χ3v) is 2.42. The second-order valence-corrected chi connectivity index (χ2v) is 5.69. The Labute approximate surface area is 183 Å². The molecule has 33 heavy (non-hydrogen) atoms. The first-order valence-corrected chi connectivity index (χ1v) is 8.85. The van der Waals surface area contributed by atoms with Crippen molar-refractivity contribution in [3.05, 3.63) is 10.4 Å². The minimum atomic E-state index is -4.41. The molecule has 202 valence electrons. The summed E-state index contributed by atoms with van der Waals surface area (Å²) in [6, 6.07) is 0. The van der Waals surface area contributed by atoms with Crippen molar-refractivity contribution in [2.75, 3.05) is 33.4 Å². The summed E-state index contributed by atoms with van der Waals surface area (Å²) in [7, 11) is 1.00. The molecule has 1 aliphatic rings. The van der Waals surface area contributed by atoms with E-state index in [1.54, 1.807) is 6.92 Å². The lowest BCUT2D eigenvalue weighted by Gasteiger charge is -2.09. The number of nitrogens with two attached hydrogens (primary N) is 1. The Morgan fingerprint density at radius 2 is 1.33 bits per heavy atom. The lowest BCUT2D eigenvalue weighted by atomic mass is 10.2. The van der Waals surface area contributed by atoms with Crippen LogP contribution in [0.25, 0.3) is 10.4 Å². The number of hydrogen-bond acceptors (Lipinski definition) is 7. The second-order valence-electron chi connectivity index (χ2n) is 5.69. The predicted molar refractivity (Wildman–Crippen MR) is 97.7 cm³/mol. The fraction of sp³-hybridized carbons (Fsp3) is 1.00. The number of nitrogens with zero attached hydrogens (tertiary/aromatic N) is 3. The normalized spacial score (nSPS) is 16.4. The minimum Gasteiger partial charge on any atom is -0.400 e. The first-order valence-electron chi connectivity index (χ1n) is 8.85. The van der Waals surface area contributed by atoms with Gasteiger partial charge in [0.05, 0.1) is 50.7 Å². The maximum atomic E-state index is 11.4. The molecule has 0 unspecified atom stereocenters. The van der Waals surface area contributed by atoms with E-state index >= 15 is 0 Å². The Hall–Kier alpha value is -1.56.